The molecular weight excluding hydrogens is 541 g/mol. The number of aromatic nitrogens is 1. The molecule has 1 aliphatic carbocycles. The molecule has 0 bridgehead atoms. The molecule has 11 heteroatoms. The van der Waals surface area contributed by atoms with E-state index < -0.39 is 17.2 Å². The number of carboxylic acid groups (broad SMARTS) is 1. The summed E-state index contributed by atoms with van der Waals surface area (Å²) >= 11 is 6.04. The highest BCUT2D eigenvalue weighted by atomic mass is 35.5. The van der Waals surface area contributed by atoms with E-state index in [2.05, 4.69) is 4.90 Å². The van der Waals surface area contributed by atoms with Crippen LogP contribution in [0.15, 0.2) is 35.3 Å². The summed E-state index contributed by atoms with van der Waals surface area (Å²) in [6.45, 7) is 4.31. The maximum absolute atomic E-state index is 15.7. The predicted molar refractivity (Wildman–Crippen MR) is 148 cm³/mol. The lowest BCUT2D eigenvalue weighted by Crippen LogP contribution is -2.54. The van der Waals surface area contributed by atoms with E-state index in [-0.39, 0.29) is 52.8 Å². The number of ketones is 1. The number of aromatic carboxylic acids is 1. The highest BCUT2D eigenvalue weighted by molar-refractivity contribution is 6.31. The average molecular weight is 570 g/mol. The molecule has 0 amide bonds. The van der Waals surface area contributed by atoms with Gasteiger partial charge in [-0.15, -0.1) is 0 Å². The van der Waals surface area contributed by atoms with E-state index in [0.29, 0.717) is 48.0 Å². The molecule has 9 nitrogen and oxygen atoms in total. The topological polar surface area (TPSA) is 101 Å². The van der Waals surface area contributed by atoms with Gasteiger partial charge in [-0.25, -0.2) is 9.18 Å². The number of nitrogens with zero attached hydrogens (tertiary/aromatic N) is 3. The van der Waals surface area contributed by atoms with Crippen molar-refractivity contribution >= 4 is 39.9 Å². The number of ether oxygens (including phenoxy) is 2. The van der Waals surface area contributed by atoms with Crippen LogP contribution in [-0.4, -0.2) is 72.3 Å². The Morgan fingerprint density at radius 3 is 2.67 bits per heavy atom. The Kier molecular flexibility index (Phi) is 6.70. The van der Waals surface area contributed by atoms with Crippen molar-refractivity contribution < 1.29 is 28.6 Å². The second-order valence-corrected chi connectivity index (χ2v) is 11.2. The van der Waals surface area contributed by atoms with Gasteiger partial charge in [0.2, 0.25) is 5.43 Å². The average Bonchev–Trinajstić information content (AvgIpc) is 3.76. The van der Waals surface area contributed by atoms with E-state index in [9.17, 15) is 19.5 Å². The van der Waals surface area contributed by atoms with Crippen molar-refractivity contribution in [2.75, 3.05) is 44.8 Å². The molecule has 1 N–H and O–H groups in total. The third-order valence-corrected chi connectivity index (χ3v) is 8.36. The number of carboxylic acids is 1. The lowest BCUT2D eigenvalue weighted by Gasteiger charge is -2.43. The van der Waals surface area contributed by atoms with Crippen LogP contribution in [0.5, 0.6) is 11.5 Å². The molecule has 3 heterocycles. The molecule has 2 aromatic carbocycles. The quantitative estimate of drug-likeness (QED) is 0.470. The van der Waals surface area contributed by atoms with E-state index in [1.165, 1.54) is 13.3 Å². The van der Waals surface area contributed by atoms with Crippen LogP contribution in [0.25, 0.3) is 10.9 Å². The first-order chi connectivity index (χ1) is 19.2. The molecule has 1 saturated carbocycles. The summed E-state index contributed by atoms with van der Waals surface area (Å²) in [5, 5.41) is 10.1. The van der Waals surface area contributed by atoms with Crippen LogP contribution < -0.4 is 19.8 Å². The number of rotatable bonds is 6. The SMILES string of the molecule is COc1c(N2CCN(CC3COc4cc(Cl)ccc4C3=O)C(C)C2)c(F)cc2c(=O)c(C(=O)O)cn(C3CC3)c12. The van der Waals surface area contributed by atoms with Crippen LogP contribution in [0, 0.1) is 11.7 Å². The molecule has 1 saturated heterocycles. The summed E-state index contributed by atoms with van der Waals surface area (Å²) in [5.41, 5.74) is 0.0754. The van der Waals surface area contributed by atoms with Gasteiger partial charge in [-0.3, -0.25) is 14.5 Å². The lowest BCUT2D eigenvalue weighted by atomic mass is 9.94. The normalized spacial score (nSPS) is 21.3. The fourth-order valence-corrected chi connectivity index (χ4v) is 6.08. The summed E-state index contributed by atoms with van der Waals surface area (Å²) in [4.78, 5) is 42.0. The molecule has 6 rings (SSSR count). The Labute approximate surface area is 234 Å². The number of halogens is 2. The zero-order valence-electron chi connectivity index (χ0n) is 22.2. The Morgan fingerprint density at radius 2 is 2.00 bits per heavy atom. The van der Waals surface area contributed by atoms with Gasteiger partial charge >= 0.3 is 5.97 Å². The highest BCUT2D eigenvalue weighted by Gasteiger charge is 2.36. The van der Waals surface area contributed by atoms with Gasteiger partial charge in [-0.05, 0) is 44.0 Å². The first-order valence-electron chi connectivity index (χ1n) is 13.3. The first kappa shape index (κ1) is 26.6. The highest BCUT2D eigenvalue weighted by Crippen LogP contribution is 2.44. The first-order valence-corrected chi connectivity index (χ1v) is 13.7. The van der Waals surface area contributed by atoms with Crippen LogP contribution in [0.4, 0.5) is 10.1 Å². The van der Waals surface area contributed by atoms with E-state index >= 15 is 4.39 Å². The number of hydrogen-bond donors (Lipinski definition) is 1. The number of Topliss-reactive ketones (excluding diaryl/α,β-unsaturated/α-hetero) is 1. The number of piperazine rings is 1. The van der Waals surface area contributed by atoms with Crippen LogP contribution >= 0.6 is 11.6 Å². The second kappa shape index (κ2) is 10.1. The number of benzene rings is 2. The van der Waals surface area contributed by atoms with E-state index in [0.717, 1.165) is 18.9 Å². The van der Waals surface area contributed by atoms with Gasteiger partial charge in [0.1, 0.15) is 17.0 Å². The smallest absolute Gasteiger partial charge is 0.341 e. The van der Waals surface area contributed by atoms with Crippen molar-refractivity contribution in [2.45, 2.75) is 31.8 Å². The molecule has 2 fully saturated rings. The van der Waals surface area contributed by atoms with Crippen molar-refractivity contribution in [3.05, 3.63) is 62.7 Å². The molecule has 0 radical (unpaired) electrons. The third-order valence-electron chi connectivity index (χ3n) is 8.13. The number of pyridine rings is 1. The molecule has 0 spiro atoms. The minimum atomic E-state index is -1.34. The van der Waals surface area contributed by atoms with Crippen molar-refractivity contribution in [2.24, 2.45) is 5.92 Å². The summed E-state index contributed by atoms with van der Waals surface area (Å²) in [5.74, 6) is -1.56. The number of fused-ring (bicyclic) bond motifs is 2. The lowest BCUT2D eigenvalue weighted by molar-refractivity contribution is 0.0691. The third kappa shape index (κ3) is 4.49. The monoisotopic (exact) mass is 569 g/mol. The van der Waals surface area contributed by atoms with E-state index in [1.807, 2.05) is 11.8 Å². The van der Waals surface area contributed by atoms with Crippen LogP contribution in [0.1, 0.15) is 46.5 Å². The molecule has 3 aromatic rings. The molecule has 2 atom stereocenters. The van der Waals surface area contributed by atoms with Gasteiger partial charge in [-0.1, -0.05) is 11.6 Å². The second-order valence-electron chi connectivity index (χ2n) is 10.8. The van der Waals surface area contributed by atoms with Gasteiger partial charge < -0.3 is 24.0 Å². The number of hydrogen-bond acceptors (Lipinski definition) is 7. The summed E-state index contributed by atoms with van der Waals surface area (Å²) in [6, 6.07) is 6.18. The molecule has 3 aliphatic rings. The van der Waals surface area contributed by atoms with Crippen molar-refractivity contribution in [1.82, 2.24) is 9.47 Å². The number of anilines is 1. The van der Waals surface area contributed by atoms with Gasteiger partial charge in [-0.2, -0.15) is 0 Å². The van der Waals surface area contributed by atoms with Crippen LogP contribution in [0.2, 0.25) is 5.02 Å². The van der Waals surface area contributed by atoms with Gasteiger partial charge in [0.15, 0.2) is 17.3 Å². The summed E-state index contributed by atoms with van der Waals surface area (Å²) < 4.78 is 29.0. The van der Waals surface area contributed by atoms with Gasteiger partial charge in [0, 0.05) is 49.5 Å². The van der Waals surface area contributed by atoms with Crippen LogP contribution in [-0.2, 0) is 0 Å². The van der Waals surface area contributed by atoms with E-state index in [4.69, 9.17) is 21.1 Å². The molecule has 2 aliphatic heterocycles. The number of carbonyl (C=O) groups excluding carboxylic acids is 1. The molecular formula is C29H29ClFN3O6. The molecule has 40 heavy (non-hydrogen) atoms. The fraction of sp³-hybridized carbons (Fsp3) is 0.414. The van der Waals surface area contributed by atoms with Crippen molar-refractivity contribution in [3.8, 4) is 11.5 Å². The predicted octanol–water partition coefficient (Wildman–Crippen LogP) is 4.24. The van der Waals surface area contributed by atoms with Gasteiger partial charge in [0.25, 0.3) is 0 Å². The van der Waals surface area contributed by atoms with Crippen molar-refractivity contribution in [1.29, 1.82) is 0 Å². The summed E-state index contributed by atoms with van der Waals surface area (Å²) in [7, 11) is 1.43. The van der Waals surface area contributed by atoms with Crippen molar-refractivity contribution in [3.63, 3.8) is 0 Å². The Hall–Kier alpha value is -3.63. The zero-order valence-corrected chi connectivity index (χ0v) is 22.9. The Bertz CT molecular complexity index is 1600. The minimum absolute atomic E-state index is 0.00559. The largest absolute Gasteiger partial charge is 0.492 e. The number of carbonyl (C=O) groups is 2. The molecule has 1 aromatic heterocycles. The fourth-order valence-electron chi connectivity index (χ4n) is 5.92. The summed E-state index contributed by atoms with van der Waals surface area (Å²) in [6.07, 6.45) is 3.03. The minimum Gasteiger partial charge on any atom is -0.492 e. The maximum atomic E-state index is 15.7. The Morgan fingerprint density at radius 1 is 1.23 bits per heavy atom. The molecule has 2 unspecified atom stereocenters. The number of methoxy groups -OCH3 is 1. The van der Waals surface area contributed by atoms with E-state index in [1.54, 1.807) is 22.8 Å². The standard InChI is InChI=1S/C29H29ClFN3O6/c1-15-11-33(8-7-32(15)12-16-14-40-23-9-17(30)3-6-19(23)26(16)35)25-22(31)10-20-24(28(25)39-2)34(18-4-5-18)13-21(27(20)36)29(37)38/h3,6,9-10,13,15-16,18H,4-5,7-8,11-12,14H2,1-2H3,(H,37,38). The van der Waals surface area contributed by atoms with Crippen LogP contribution in [0.3, 0.4) is 0 Å². The molecule has 210 valence electrons. The Balaban J connectivity index is 1.28. The van der Waals surface area contributed by atoms with Gasteiger partial charge in [0.05, 0.1) is 36.1 Å². The zero-order chi connectivity index (χ0) is 28.3. The maximum Gasteiger partial charge on any atom is 0.341 e.